The molecule has 26 heavy (non-hydrogen) atoms. The van der Waals surface area contributed by atoms with Gasteiger partial charge >= 0.3 is 0 Å². The van der Waals surface area contributed by atoms with Gasteiger partial charge in [-0.15, -0.1) is 0 Å². The zero-order valence-corrected chi connectivity index (χ0v) is 14.7. The minimum Gasteiger partial charge on any atom is -0.497 e. The van der Waals surface area contributed by atoms with Crippen LogP contribution in [0.2, 0.25) is 0 Å². The van der Waals surface area contributed by atoms with Crippen LogP contribution in [0.3, 0.4) is 0 Å². The number of methoxy groups -OCH3 is 1. The van der Waals surface area contributed by atoms with Crippen LogP contribution in [0.1, 0.15) is 30.1 Å². The Morgan fingerprint density at radius 2 is 1.31 bits per heavy atom. The standard InChI is InChI=1S/C20H20N2O4/c1-13(23)14-3-5-15(6-4-14)21-18(24)20(11-12-20)19(25)22-16-7-9-17(26-2)10-8-16/h3-10H,11-12H2,1-2H3,(H,21,24)(H,22,25). The highest BCUT2D eigenvalue weighted by Gasteiger charge is 2.56. The smallest absolute Gasteiger partial charge is 0.240 e. The fourth-order valence-electron chi connectivity index (χ4n) is 2.65. The Bertz CT molecular complexity index is 837. The minimum absolute atomic E-state index is 0.0413. The number of anilines is 2. The summed E-state index contributed by atoms with van der Waals surface area (Å²) >= 11 is 0. The summed E-state index contributed by atoms with van der Waals surface area (Å²) < 4.78 is 5.08. The summed E-state index contributed by atoms with van der Waals surface area (Å²) in [5.41, 5.74) is 0.699. The number of carbonyl (C=O) groups is 3. The van der Waals surface area contributed by atoms with Crippen molar-refractivity contribution in [1.82, 2.24) is 0 Å². The van der Waals surface area contributed by atoms with E-state index in [2.05, 4.69) is 10.6 Å². The van der Waals surface area contributed by atoms with Gasteiger partial charge in [-0.3, -0.25) is 14.4 Å². The highest BCUT2D eigenvalue weighted by Crippen LogP contribution is 2.47. The summed E-state index contributed by atoms with van der Waals surface area (Å²) in [7, 11) is 1.57. The molecule has 2 N–H and O–H groups in total. The van der Waals surface area contributed by atoms with Crippen LogP contribution in [0.4, 0.5) is 11.4 Å². The van der Waals surface area contributed by atoms with Gasteiger partial charge in [-0.25, -0.2) is 0 Å². The van der Waals surface area contributed by atoms with Crippen LogP contribution in [0.5, 0.6) is 5.75 Å². The molecule has 1 fully saturated rings. The van der Waals surface area contributed by atoms with Gasteiger partial charge in [0, 0.05) is 16.9 Å². The maximum atomic E-state index is 12.6. The summed E-state index contributed by atoms with van der Waals surface area (Å²) in [4.78, 5) is 36.5. The molecule has 0 spiro atoms. The molecule has 2 amide bonds. The fourth-order valence-corrected chi connectivity index (χ4v) is 2.65. The van der Waals surface area contributed by atoms with E-state index in [0.29, 0.717) is 35.5 Å². The van der Waals surface area contributed by atoms with E-state index >= 15 is 0 Å². The number of benzene rings is 2. The van der Waals surface area contributed by atoms with Crippen molar-refractivity contribution >= 4 is 29.0 Å². The van der Waals surface area contributed by atoms with Crippen LogP contribution in [-0.2, 0) is 9.59 Å². The van der Waals surface area contributed by atoms with E-state index in [-0.39, 0.29) is 17.6 Å². The van der Waals surface area contributed by atoms with Gasteiger partial charge < -0.3 is 15.4 Å². The number of ether oxygens (including phenoxy) is 1. The zero-order chi connectivity index (χ0) is 18.7. The van der Waals surface area contributed by atoms with Gasteiger partial charge in [-0.1, -0.05) is 0 Å². The molecule has 0 atom stereocenters. The number of amides is 2. The molecule has 134 valence electrons. The Morgan fingerprint density at radius 1 is 0.846 bits per heavy atom. The van der Waals surface area contributed by atoms with Gasteiger partial charge in [0.2, 0.25) is 11.8 Å². The maximum absolute atomic E-state index is 12.6. The molecule has 0 aliphatic heterocycles. The molecule has 0 radical (unpaired) electrons. The monoisotopic (exact) mass is 352 g/mol. The number of ketones is 1. The first-order chi connectivity index (χ1) is 12.4. The maximum Gasteiger partial charge on any atom is 0.240 e. The van der Waals surface area contributed by atoms with Crippen molar-refractivity contribution in [2.24, 2.45) is 5.41 Å². The Kier molecular flexibility index (Phi) is 4.75. The molecular formula is C20H20N2O4. The lowest BCUT2D eigenvalue weighted by Gasteiger charge is -2.16. The van der Waals surface area contributed by atoms with E-state index in [1.54, 1.807) is 55.6 Å². The largest absolute Gasteiger partial charge is 0.497 e. The molecule has 0 bridgehead atoms. The van der Waals surface area contributed by atoms with Gasteiger partial charge in [-0.05, 0) is 68.3 Å². The van der Waals surface area contributed by atoms with Crippen molar-refractivity contribution in [2.75, 3.05) is 17.7 Å². The summed E-state index contributed by atoms with van der Waals surface area (Å²) in [5, 5.41) is 5.55. The average Bonchev–Trinajstić information content (AvgIpc) is 3.45. The number of hydrogen-bond acceptors (Lipinski definition) is 4. The number of rotatable bonds is 6. The molecule has 2 aromatic carbocycles. The van der Waals surface area contributed by atoms with Crippen molar-refractivity contribution in [3.8, 4) is 5.75 Å². The highest BCUT2D eigenvalue weighted by atomic mass is 16.5. The first-order valence-electron chi connectivity index (χ1n) is 8.32. The van der Waals surface area contributed by atoms with Gasteiger partial charge in [-0.2, -0.15) is 0 Å². The van der Waals surface area contributed by atoms with Crippen LogP contribution in [0, 0.1) is 5.41 Å². The molecule has 0 heterocycles. The summed E-state index contributed by atoms with van der Waals surface area (Å²) in [6, 6.07) is 13.6. The predicted octanol–water partition coefficient (Wildman–Crippen LogP) is 3.26. The van der Waals surface area contributed by atoms with E-state index in [0.717, 1.165) is 0 Å². The number of Topliss-reactive ketones (excluding diaryl/α,β-unsaturated/α-hetero) is 1. The first-order valence-corrected chi connectivity index (χ1v) is 8.32. The fraction of sp³-hybridized carbons (Fsp3) is 0.250. The molecule has 1 aliphatic rings. The Hall–Kier alpha value is -3.15. The second kappa shape index (κ2) is 7.00. The number of hydrogen-bond donors (Lipinski definition) is 2. The first kappa shape index (κ1) is 17.7. The average molecular weight is 352 g/mol. The van der Waals surface area contributed by atoms with Gasteiger partial charge in [0.25, 0.3) is 0 Å². The Morgan fingerprint density at radius 3 is 1.69 bits per heavy atom. The third-order valence-electron chi connectivity index (χ3n) is 4.52. The van der Waals surface area contributed by atoms with Gasteiger partial charge in [0.05, 0.1) is 7.11 Å². The highest BCUT2D eigenvalue weighted by molar-refractivity contribution is 6.17. The second-order valence-electron chi connectivity index (χ2n) is 6.35. The molecule has 0 aromatic heterocycles. The topological polar surface area (TPSA) is 84.5 Å². The molecule has 0 unspecified atom stereocenters. The van der Waals surface area contributed by atoms with E-state index in [9.17, 15) is 14.4 Å². The van der Waals surface area contributed by atoms with E-state index in [1.165, 1.54) is 6.92 Å². The lowest BCUT2D eigenvalue weighted by molar-refractivity contribution is -0.131. The minimum atomic E-state index is -1.04. The zero-order valence-electron chi connectivity index (χ0n) is 14.7. The summed E-state index contributed by atoms with van der Waals surface area (Å²) in [5.74, 6) is -0.00379. The lowest BCUT2D eigenvalue weighted by Crippen LogP contribution is -2.35. The molecule has 0 saturated heterocycles. The molecule has 3 rings (SSSR count). The molecule has 1 aliphatic carbocycles. The normalized spacial score (nSPS) is 14.2. The third kappa shape index (κ3) is 3.59. The SMILES string of the molecule is COc1ccc(NC(=O)C2(C(=O)Nc3ccc(C(C)=O)cc3)CC2)cc1. The van der Waals surface area contributed by atoms with Crippen molar-refractivity contribution in [3.05, 3.63) is 54.1 Å². The molecule has 1 saturated carbocycles. The Labute approximate surface area is 151 Å². The van der Waals surface area contributed by atoms with Crippen LogP contribution >= 0.6 is 0 Å². The predicted molar refractivity (Wildman–Crippen MR) is 98.4 cm³/mol. The second-order valence-corrected chi connectivity index (χ2v) is 6.35. The van der Waals surface area contributed by atoms with Crippen LogP contribution in [0.15, 0.2) is 48.5 Å². The van der Waals surface area contributed by atoms with Crippen molar-refractivity contribution < 1.29 is 19.1 Å². The molecule has 6 heteroatoms. The van der Waals surface area contributed by atoms with Crippen molar-refractivity contribution in [3.63, 3.8) is 0 Å². The summed E-state index contributed by atoms with van der Waals surface area (Å²) in [6.07, 6.45) is 1.01. The van der Waals surface area contributed by atoms with E-state index < -0.39 is 5.41 Å². The molecular weight excluding hydrogens is 332 g/mol. The van der Waals surface area contributed by atoms with E-state index in [4.69, 9.17) is 4.74 Å². The van der Waals surface area contributed by atoms with Crippen LogP contribution < -0.4 is 15.4 Å². The van der Waals surface area contributed by atoms with Crippen molar-refractivity contribution in [1.29, 1.82) is 0 Å². The quantitative estimate of drug-likeness (QED) is 0.617. The lowest BCUT2D eigenvalue weighted by atomic mass is 10.0. The van der Waals surface area contributed by atoms with E-state index in [1.807, 2.05) is 0 Å². The molecule has 2 aromatic rings. The Balaban J connectivity index is 1.65. The number of carbonyl (C=O) groups excluding carboxylic acids is 3. The van der Waals surface area contributed by atoms with Gasteiger partial charge in [0.1, 0.15) is 11.2 Å². The van der Waals surface area contributed by atoms with Crippen LogP contribution in [-0.4, -0.2) is 24.7 Å². The molecule has 6 nitrogen and oxygen atoms in total. The van der Waals surface area contributed by atoms with Gasteiger partial charge in [0.15, 0.2) is 5.78 Å². The number of nitrogens with one attached hydrogen (secondary N) is 2. The van der Waals surface area contributed by atoms with Crippen LogP contribution in [0.25, 0.3) is 0 Å². The summed E-state index contributed by atoms with van der Waals surface area (Å²) in [6.45, 7) is 1.48. The third-order valence-corrected chi connectivity index (χ3v) is 4.52. The van der Waals surface area contributed by atoms with Crippen molar-refractivity contribution in [2.45, 2.75) is 19.8 Å².